The van der Waals surface area contributed by atoms with Gasteiger partial charge in [-0.15, -0.1) is 0 Å². The van der Waals surface area contributed by atoms with Gasteiger partial charge in [-0.3, -0.25) is 9.59 Å². The summed E-state index contributed by atoms with van der Waals surface area (Å²) in [4.78, 5) is 23.5. The van der Waals surface area contributed by atoms with E-state index < -0.39 is 23.3 Å². The quantitative estimate of drug-likeness (QED) is 0.124. The number of carbonyl (C=O) groups is 2. The molecule has 2 amide bonds. The molecule has 0 fully saturated rings. The number of phenols is 2. The van der Waals surface area contributed by atoms with Crippen molar-refractivity contribution in [3.63, 3.8) is 0 Å². The van der Waals surface area contributed by atoms with Crippen LogP contribution in [0.25, 0.3) is 0 Å². The summed E-state index contributed by atoms with van der Waals surface area (Å²) in [5, 5.41) is 50.2. The van der Waals surface area contributed by atoms with E-state index in [1.807, 2.05) is 0 Å². The third kappa shape index (κ3) is 10.1. The maximum atomic E-state index is 11.8. The molecule has 0 bridgehead atoms. The number of nitrogens with zero attached hydrogens (tertiary/aromatic N) is 2. The van der Waals surface area contributed by atoms with Gasteiger partial charge in [-0.1, -0.05) is 82.2 Å². The number of benzene rings is 4. The van der Waals surface area contributed by atoms with Crippen LogP contribution in [-0.4, -0.2) is 34.5 Å². The molecule has 4 N–H and O–H groups in total. The van der Waals surface area contributed by atoms with Crippen molar-refractivity contribution in [1.29, 1.82) is 0 Å². The van der Waals surface area contributed by atoms with E-state index in [4.69, 9.17) is 46.4 Å². The second-order valence-electron chi connectivity index (χ2n) is 8.04. The Hall–Kier alpha value is -3.99. The van der Waals surface area contributed by atoms with E-state index in [0.717, 1.165) is 12.4 Å². The minimum atomic E-state index is -0.607. The van der Waals surface area contributed by atoms with Crippen molar-refractivity contribution >= 4 is 70.6 Å². The summed E-state index contributed by atoms with van der Waals surface area (Å²) >= 11 is 22.9. The van der Waals surface area contributed by atoms with E-state index in [2.05, 4.69) is 21.1 Å². The second kappa shape index (κ2) is 16.6. The Morgan fingerprint density at radius 2 is 1.00 bits per heavy atom. The summed E-state index contributed by atoms with van der Waals surface area (Å²) in [6.45, 7) is 0. The number of para-hydroxylation sites is 2. The zero-order valence-corrected chi connectivity index (χ0v) is 25.3. The maximum absolute atomic E-state index is 11.8. The molecule has 0 aliphatic rings. The smallest absolute Gasteiger partial charge is 0.871 e. The second-order valence-corrected chi connectivity index (χ2v) is 9.73. The summed E-state index contributed by atoms with van der Waals surface area (Å²) in [5.41, 5.74) is 4.83. The van der Waals surface area contributed by atoms with Gasteiger partial charge < -0.3 is 20.4 Å². The van der Waals surface area contributed by atoms with E-state index in [-0.39, 0.29) is 70.3 Å². The Bertz CT molecular complexity index is 1560. The first kappa shape index (κ1) is 35.2. The predicted octanol–water partition coefficient (Wildman–Crippen LogP) is 5.07. The van der Waals surface area contributed by atoms with Crippen LogP contribution in [0.1, 0.15) is 31.8 Å². The number of aromatic hydroxyl groups is 2. The molecule has 0 unspecified atom stereocenters. The molecule has 0 saturated heterocycles. The fraction of sp³-hybridized carbons (Fsp3) is 0. The Balaban J connectivity index is 0.000000293. The van der Waals surface area contributed by atoms with Crippen molar-refractivity contribution in [2.45, 2.75) is 0 Å². The molecule has 4 aromatic rings. The summed E-state index contributed by atoms with van der Waals surface area (Å²) in [6.07, 6.45) is 2.27. The van der Waals surface area contributed by atoms with Crippen molar-refractivity contribution < 1.29 is 46.5 Å². The van der Waals surface area contributed by atoms with Crippen molar-refractivity contribution in [2.24, 2.45) is 10.2 Å². The van der Waals surface area contributed by atoms with Crippen LogP contribution in [0.2, 0.25) is 20.1 Å². The molecule has 0 aliphatic carbocycles. The van der Waals surface area contributed by atoms with Crippen LogP contribution >= 0.6 is 46.4 Å². The molecule has 10 nitrogen and oxygen atoms in total. The summed E-state index contributed by atoms with van der Waals surface area (Å²) in [7, 11) is 0. The molecule has 15 heteroatoms. The Morgan fingerprint density at radius 1 is 0.651 bits per heavy atom. The Labute approximate surface area is 275 Å². The van der Waals surface area contributed by atoms with Gasteiger partial charge in [0.1, 0.15) is 11.5 Å². The van der Waals surface area contributed by atoms with Gasteiger partial charge in [0.25, 0.3) is 11.8 Å². The largest absolute Gasteiger partial charge is 2.00 e. The van der Waals surface area contributed by atoms with Gasteiger partial charge in [0.2, 0.25) is 0 Å². The molecule has 43 heavy (non-hydrogen) atoms. The van der Waals surface area contributed by atoms with Crippen molar-refractivity contribution in [1.82, 2.24) is 10.9 Å². The Kier molecular flexibility index (Phi) is 13.6. The van der Waals surface area contributed by atoms with Crippen LogP contribution in [0.3, 0.4) is 0 Å². The first-order chi connectivity index (χ1) is 20.0. The van der Waals surface area contributed by atoms with Gasteiger partial charge in [0.05, 0.1) is 23.6 Å². The number of carbonyl (C=O) groups excluding carboxylic acids is 2. The number of hydrogen-bond donors (Lipinski definition) is 4. The van der Waals surface area contributed by atoms with Crippen LogP contribution in [0, 0.1) is 0 Å². The molecule has 0 saturated carbocycles. The average Bonchev–Trinajstić information content (AvgIpc) is 2.94. The van der Waals surface area contributed by atoms with E-state index in [1.54, 1.807) is 24.3 Å². The molecule has 4 rings (SSSR count). The van der Waals surface area contributed by atoms with Crippen molar-refractivity contribution in [3.8, 4) is 23.0 Å². The van der Waals surface area contributed by atoms with Gasteiger partial charge in [0.15, 0.2) is 0 Å². The first-order valence-corrected chi connectivity index (χ1v) is 13.0. The fourth-order valence-corrected chi connectivity index (χ4v) is 4.14. The molecule has 0 aromatic heterocycles. The van der Waals surface area contributed by atoms with E-state index in [9.17, 15) is 30.0 Å². The SMILES string of the molecule is O=C(N/N=C/c1cc(Cl)cc(Cl)c1[O-])c1ccccc1O.O=C(N/N=C/c1cc(Cl)cc(Cl)c1[O-])c1ccccc1O.[Ni+2]. The third-order valence-electron chi connectivity index (χ3n) is 5.11. The van der Waals surface area contributed by atoms with Crippen molar-refractivity contribution in [2.75, 3.05) is 0 Å². The minimum absolute atomic E-state index is 0. The number of halogens is 4. The molecule has 0 radical (unpaired) electrons. The van der Waals surface area contributed by atoms with Crippen LogP contribution in [0.15, 0.2) is 83.0 Å². The zero-order chi connectivity index (χ0) is 30.8. The van der Waals surface area contributed by atoms with E-state index in [1.165, 1.54) is 48.5 Å². The topological polar surface area (TPSA) is 169 Å². The van der Waals surface area contributed by atoms with E-state index >= 15 is 0 Å². The van der Waals surface area contributed by atoms with Crippen molar-refractivity contribution in [3.05, 3.63) is 115 Å². The Morgan fingerprint density at radius 3 is 1.35 bits per heavy atom. The standard InChI is InChI=1S/2C14H10Cl2N2O3.Ni/c2*15-9-5-8(13(20)11(16)6-9)7-17-18-14(21)10-3-1-2-4-12(10)19;/h2*1-7,19-20H,(H,18,21);/q;;+2/p-2/b2*17-7+;. The van der Waals surface area contributed by atoms with Crippen LogP contribution in [-0.2, 0) is 16.5 Å². The van der Waals surface area contributed by atoms with Gasteiger partial charge >= 0.3 is 16.5 Å². The van der Waals surface area contributed by atoms with Gasteiger partial charge in [0, 0.05) is 20.1 Å². The minimum Gasteiger partial charge on any atom is -0.871 e. The number of nitrogens with one attached hydrogen (secondary N) is 2. The molecule has 224 valence electrons. The molecular weight excluding hydrogens is 689 g/mol. The fourth-order valence-electron chi connectivity index (χ4n) is 3.12. The average molecular weight is 707 g/mol. The molecule has 0 aliphatic heterocycles. The number of rotatable bonds is 6. The number of hydrogen-bond acceptors (Lipinski definition) is 8. The molecular formula is C28H18Cl4N4NiO6. The van der Waals surface area contributed by atoms with Gasteiger partial charge in [-0.25, -0.2) is 10.9 Å². The summed E-state index contributed by atoms with van der Waals surface area (Å²) in [5.74, 6) is -2.43. The van der Waals surface area contributed by atoms with Crippen LogP contribution in [0.4, 0.5) is 0 Å². The van der Waals surface area contributed by atoms with E-state index in [0.29, 0.717) is 0 Å². The summed E-state index contributed by atoms with van der Waals surface area (Å²) in [6, 6.07) is 17.4. The number of amides is 2. The molecule has 0 spiro atoms. The normalized spacial score (nSPS) is 10.5. The maximum Gasteiger partial charge on any atom is 2.00 e. The molecule has 4 aromatic carbocycles. The summed E-state index contributed by atoms with van der Waals surface area (Å²) < 4.78 is 0. The number of hydrazone groups is 2. The van der Waals surface area contributed by atoms with Gasteiger partial charge in [-0.05, 0) is 59.7 Å². The van der Waals surface area contributed by atoms with Crippen LogP contribution in [0.5, 0.6) is 23.0 Å². The zero-order valence-electron chi connectivity index (χ0n) is 21.3. The van der Waals surface area contributed by atoms with Crippen LogP contribution < -0.4 is 21.1 Å². The monoisotopic (exact) mass is 704 g/mol. The third-order valence-corrected chi connectivity index (χ3v) is 6.11. The molecule has 0 heterocycles. The van der Waals surface area contributed by atoms with Gasteiger partial charge in [-0.2, -0.15) is 10.2 Å². The number of phenolic OH excluding ortho intramolecular Hbond substituents is 2. The predicted molar refractivity (Wildman–Crippen MR) is 158 cm³/mol. The first-order valence-electron chi connectivity index (χ1n) is 11.5. The molecule has 0 atom stereocenters.